The Labute approximate surface area is 125 Å². The molecule has 0 aromatic carbocycles. The van der Waals surface area contributed by atoms with Gasteiger partial charge in [0.1, 0.15) is 5.82 Å². The van der Waals surface area contributed by atoms with Crippen LogP contribution in [0.25, 0.3) is 0 Å². The molecule has 1 heterocycles. The fourth-order valence-corrected chi connectivity index (χ4v) is 2.02. The third-order valence-corrected chi connectivity index (χ3v) is 3.24. The summed E-state index contributed by atoms with van der Waals surface area (Å²) in [6, 6.07) is 1.41. The number of nitrogens with one attached hydrogen (secondary N) is 1. The normalized spacial score (nSPS) is 10.5. The molecule has 0 spiro atoms. The number of nitrogen functional groups attached to an aromatic ring is 1. The van der Waals surface area contributed by atoms with Crippen LogP contribution in [0, 0.1) is 5.41 Å². The molecular weight excluding hydrogens is 268 g/mol. The van der Waals surface area contributed by atoms with Gasteiger partial charge in [0.25, 0.3) is 5.62 Å². The molecule has 1 aromatic rings. The zero-order valence-electron chi connectivity index (χ0n) is 12.6. The third-order valence-electron chi connectivity index (χ3n) is 3.24. The van der Waals surface area contributed by atoms with E-state index < -0.39 is 0 Å². The zero-order valence-corrected chi connectivity index (χ0v) is 12.6. The minimum atomic E-state index is -0.329. The molecule has 0 saturated carbocycles. The van der Waals surface area contributed by atoms with E-state index in [1.807, 2.05) is 6.08 Å². The summed E-state index contributed by atoms with van der Waals surface area (Å²) in [4.78, 5) is 3.78. The predicted octanol–water partition coefficient (Wildman–Crippen LogP) is 2.87. The Morgan fingerprint density at radius 1 is 1.24 bits per heavy atom. The van der Waals surface area contributed by atoms with Crippen LogP contribution in [0.15, 0.2) is 18.7 Å². The summed E-state index contributed by atoms with van der Waals surface area (Å²) in [5.74, 6) is 0.330. The van der Waals surface area contributed by atoms with Gasteiger partial charge in [-0.05, 0) is 19.3 Å². The van der Waals surface area contributed by atoms with Crippen molar-refractivity contribution in [3.8, 4) is 5.88 Å². The van der Waals surface area contributed by atoms with Gasteiger partial charge in [-0.25, -0.2) is 0 Å². The van der Waals surface area contributed by atoms with Gasteiger partial charge in [0.2, 0.25) is 5.88 Å². The first-order chi connectivity index (χ1) is 10.1. The largest absolute Gasteiger partial charge is 0.477 e. The minimum Gasteiger partial charge on any atom is -0.477 e. The fraction of sp³-hybridized carbons (Fsp3) is 0.600. The lowest BCUT2D eigenvalue weighted by atomic mass is 10.1. The molecule has 0 aliphatic heterocycles. The van der Waals surface area contributed by atoms with Crippen LogP contribution >= 0.6 is 0 Å². The maximum Gasteiger partial charge on any atom is 0.260 e. The van der Waals surface area contributed by atoms with Crippen molar-refractivity contribution in [2.75, 3.05) is 12.3 Å². The van der Waals surface area contributed by atoms with Crippen LogP contribution in [0.4, 0.5) is 5.82 Å². The Morgan fingerprint density at radius 2 is 1.86 bits per heavy atom. The standard InChI is InChI=1S/C15H26N4O2/c1-2-3-4-5-6-7-8-9-10-11-21-14-12-13(16)19(20)15(17)18-14/h2,12,17,20H,1,3-11,16H2. The lowest BCUT2D eigenvalue weighted by Gasteiger charge is -2.07. The number of unbranched alkanes of at least 4 members (excludes halogenated alkanes) is 7. The number of aromatic nitrogens is 2. The number of nitrogens with two attached hydrogens (primary N) is 1. The van der Waals surface area contributed by atoms with Crippen molar-refractivity contribution < 1.29 is 9.94 Å². The summed E-state index contributed by atoms with van der Waals surface area (Å²) in [5.41, 5.74) is 5.18. The molecule has 0 atom stereocenters. The molecule has 6 heteroatoms. The molecule has 0 unspecified atom stereocenters. The van der Waals surface area contributed by atoms with E-state index in [1.54, 1.807) is 0 Å². The van der Waals surface area contributed by atoms with Crippen molar-refractivity contribution in [2.45, 2.75) is 51.4 Å². The highest BCUT2D eigenvalue weighted by atomic mass is 16.5. The predicted molar refractivity (Wildman–Crippen MR) is 82.3 cm³/mol. The van der Waals surface area contributed by atoms with Crippen LogP contribution in [0.1, 0.15) is 51.4 Å². The number of ether oxygens (including phenoxy) is 1. The van der Waals surface area contributed by atoms with E-state index >= 15 is 0 Å². The first-order valence-corrected chi connectivity index (χ1v) is 7.52. The molecule has 118 valence electrons. The topological polar surface area (TPSA) is 97.1 Å². The monoisotopic (exact) mass is 294 g/mol. The molecule has 1 rings (SSSR count). The van der Waals surface area contributed by atoms with Crippen molar-refractivity contribution in [3.05, 3.63) is 24.3 Å². The van der Waals surface area contributed by atoms with Gasteiger partial charge in [-0.15, -0.1) is 11.3 Å². The van der Waals surface area contributed by atoms with Crippen LogP contribution in [0.5, 0.6) is 5.88 Å². The Balaban J connectivity index is 2.07. The van der Waals surface area contributed by atoms with E-state index in [0.717, 1.165) is 19.3 Å². The van der Waals surface area contributed by atoms with Gasteiger partial charge in [-0.3, -0.25) is 5.41 Å². The Kier molecular flexibility index (Phi) is 8.01. The summed E-state index contributed by atoms with van der Waals surface area (Å²) in [5, 5.41) is 16.6. The number of nitrogens with zero attached hydrogens (tertiary/aromatic N) is 2. The maximum atomic E-state index is 9.26. The van der Waals surface area contributed by atoms with Gasteiger partial charge in [0.05, 0.1) is 6.61 Å². The summed E-state index contributed by atoms with van der Waals surface area (Å²) in [6.45, 7) is 4.27. The molecule has 0 aliphatic carbocycles. The number of allylic oxidation sites excluding steroid dienone is 1. The maximum absolute atomic E-state index is 9.26. The molecule has 4 N–H and O–H groups in total. The Hall–Kier alpha value is -1.98. The third kappa shape index (κ3) is 6.83. The van der Waals surface area contributed by atoms with E-state index in [9.17, 15) is 5.21 Å². The van der Waals surface area contributed by atoms with Gasteiger partial charge in [0.15, 0.2) is 0 Å². The molecular formula is C15H26N4O2. The molecule has 0 saturated heterocycles. The molecule has 6 nitrogen and oxygen atoms in total. The van der Waals surface area contributed by atoms with Gasteiger partial charge >= 0.3 is 0 Å². The van der Waals surface area contributed by atoms with Crippen molar-refractivity contribution in [1.82, 2.24) is 9.71 Å². The SMILES string of the molecule is C=CCCCCCCCCCOc1cc(N)n(O)c(=N)n1. The highest BCUT2D eigenvalue weighted by Gasteiger charge is 2.02. The Morgan fingerprint density at radius 3 is 2.48 bits per heavy atom. The van der Waals surface area contributed by atoms with E-state index in [0.29, 0.717) is 11.3 Å². The van der Waals surface area contributed by atoms with E-state index in [1.165, 1.54) is 38.2 Å². The summed E-state index contributed by atoms with van der Waals surface area (Å²) in [6.07, 6.45) is 11.4. The highest BCUT2D eigenvalue weighted by Crippen LogP contribution is 2.11. The van der Waals surface area contributed by atoms with Gasteiger partial charge < -0.3 is 15.7 Å². The second-order valence-electron chi connectivity index (χ2n) is 5.06. The average molecular weight is 294 g/mol. The molecule has 0 aliphatic rings. The number of hydrogen-bond acceptors (Lipinski definition) is 5. The molecule has 21 heavy (non-hydrogen) atoms. The first kappa shape index (κ1) is 17.1. The zero-order chi connectivity index (χ0) is 15.5. The first-order valence-electron chi connectivity index (χ1n) is 7.52. The van der Waals surface area contributed by atoms with Crippen LogP contribution in [-0.2, 0) is 0 Å². The quantitative estimate of drug-likeness (QED) is 0.332. The minimum absolute atomic E-state index is 0.0459. The second-order valence-corrected chi connectivity index (χ2v) is 5.06. The summed E-state index contributed by atoms with van der Waals surface area (Å²) in [7, 11) is 0. The molecule has 0 amide bonds. The lowest BCUT2D eigenvalue weighted by Crippen LogP contribution is -2.24. The lowest BCUT2D eigenvalue weighted by molar-refractivity contribution is 0.168. The molecule has 0 fully saturated rings. The van der Waals surface area contributed by atoms with Crippen LogP contribution in [0.3, 0.4) is 0 Å². The van der Waals surface area contributed by atoms with Crippen molar-refractivity contribution >= 4 is 5.82 Å². The van der Waals surface area contributed by atoms with Crippen molar-refractivity contribution in [1.29, 1.82) is 5.41 Å². The molecule has 0 radical (unpaired) electrons. The van der Waals surface area contributed by atoms with E-state index in [4.69, 9.17) is 15.9 Å². The fourth-order valence-electron chi connectivity index (χ4n) is 2.02. The van der Waals surface area contributed by atoms with Crippen molar-refractivity contribution in [2.24, 2.45) is 0 Å². The van der Waals surface area contributed by atoms with Gasteiger partial charge in [-0.2, -0.15) is 4.98 Å². The van der Waals surface area contributed by atoms with Crippen LogP contribution in [-0.4, -0.2) is 21.5 Å². The number of hydrogen-bond donors (Lipinski definition) is 3. The van der Waals surface area contributed by atoms with Gasteiger partial charge in [-0.1, -0.05) is 38.2 Å². The van der Waals surface area contributed by atoms with Gasteiger partial charge in [0, 0.05) is 6.07 Å². The number of anilines is 1. The van der Waals surface area contributed by atoms with E-state index in [-0.39, 0.29) is 17.3 Å². The highest BCUT2D eigenvalue weighted by molar-refractivity contribution is 5.31. The number of rotatable bonds is 11. The molecule has 1 aromatic heterocycles. The summed E-state index contributed by atoms with van der Waals surface area (Å²) >= 11 is 0. The molecule has 0 bridgehead atoms. The Bertz CT molecular complexity index is 485. The average Bonchev–Trinajstić information content (AvgIpc) is 2.46. The second kappa shape index (κ2) is 9.85. The van der Waals surface area contributed by atoms with Crippen LogP contribution < -0.4 is 16.1 Å². The van der Waals surface area contributed by atoms with Crippen molar-refractivity contribution in [3.63, 3.8) is 0 Å². The van der Waals surface area contributed by atoms with Crippen LogP contribution in [0.2, 0.25) is 0 Å². The van der Waals surface area contributed by atoms with E-state index in [2.05, 4.69) is 11.6 Å². The smallest absolute Gasteiger partial charge is 0.260 e. The summed E-state index contributed by atoms with van der Waals surface area (Å²) < 4.78 is 5.95.